The van der Waals surface area contributed by atoms with Gasteiger partial charge in [-0.2, -0.15) is 21.6 Å². The predicted octanol–water partition coefficient (Wildman–Crippen LogP) is 0.133. The number of hydrogen-bond acceptors (Lipinski definition) is 5. The van der Waals surface area contributed by atoms with Crippen molar-refractivity contribution in [2.24, 2.45) is 0 Å². The number of anilines is 1. The van der Waals surface area contributed by atoms with Crippen LogP contribution in [0.4, 0.5) is 19.1 Å². The van der Waals surface area contributed by atoms with Gasteiger partial charge in [0.25, 0.3) is 0 Å². The topological polar surface area (TPSA) is 84.8 Å². The van der Waals surface area contributed by atoms with Crippen molar-refractivity contribution in [1.82, 2.24) is 15.0 Å². The lowest BCUT2D eigenvalue weighted by Crippen LogP contribution is -2.30. The SMILES string of the molecule is O=S(=O)(Nc1ncncn1)C(F)(F)F. The molecule has 0 amide bonds. The van der Waals surface area contributed by atoms with Crippen LogP contribution in [-0.2, 0) is 10.0 Å². The minimum Gasteiger partial charge on any atom is -0.243 e. The van der Waals surface area contributed by atoms with Gasteiger partial charge in [-0.3, -0.25) is 0 Å². The number of alkyl halides is 3. The first kappa shape index (κ1) is 10.6. The van der Waals surface area contributed by atoms with Gasteiger partial charge in [0.15, 0.2) is 0 Å². The molecule has 0 radical (unpaired) electrons. The molecule has 1 aromatic heterocycles. The van der Waals surface area contributed by atoms with E-state index in [0.29, 0.717) is 0 Å². The third-order valence-electron chi connectivity index (χ3n) is 1.02. The molecule has 0 saturated carbocycles. The molecule has 10 heteroatoms. The van der Waals surface area contributed by atoms with E-state index in [2.05, 4.69) is 15.0 Å². The molecular formula is C4H3F3N4O2S. The summed E-state index contributed by atoms with van der Waals surface area (Å²) in [5.74, 6) is -0.683. The summed E-state index contributed by atoms with van der Waals surface area (Å²) in [5, 5.41) is 0. The van der Waals surface area contributed by atoms with Crippen LogP contribution in [-0.4, -0.2) is 28.9 Å². The Hall–Kier alpha value is -1.45. The fraction of sp³-hybridized carbons (Fsp3) is 0.250. The first-order valence-corrected chi connectivity index (χ1v) is 4.52. The van der Waals surface area contributed by atoms with E-state index in [9.17, 15) is 21.6 Å². The Morgan fingerprint density at radius 2 is 1.71 bits per heavy atom. The van der Waals surface area contributed by atoms with Crippen LogP contribution in [0, 0.1) is 0 Å². The van der Waals surface area contributed by atoms with Crippen molar-refractivity contribution in [3.05, 3.63) is 12.7 Å². The van der Waals surface area contributed by atoms with E-state index in [1.165, 1.54) is 0 Å². The van der Waals surface area contributed by atoms with Crippen LogP contribution in [0.3, 0.4) is 0 Å². The highest BCUT2D eigenvalue weighted by Gasteiger charge is 2.46. The van der Waals surface area contributed by atoms with Gasteiger partial charge in [0.1, 0.15) is 12.7 Å². The average Bonchev–Trinajstić information content (AvgIpc) is 2.03. The van der Waals surface area contributed by atoms with Crippen molar-refractivity contribution in [3.8, 4) is 0 Å². The van der Waals surface area contributed by atoms with Gasteiger partial charge in [-0.05, 0) is 0 Å². The third kappa shape index (κ3) is 2.28. The molecule has 0 fully saturated rings. The molecule has 0 bridgehead atoms. The molecule has 6 nitrogen and oxygen atoms in total. The first-order valence-electron chi connectivity index (χ1n) is 3.04. The Bertz CT molecular complexity index is 402. The molecule has 0 aliphatic heterocycles. The maximum atomic E-state index is 11.8. The van der Waals surface area contributed by atoms with Crippen LogP contribution in [0.25, 0.3) is 0 Å². The molecule has 14 heavy (non-hydrogen) atoms. The summed E-state index contributed by atoms with van der Waals surface area (Å²) in [6.45, 7) is 0. The maximum absolute atomic E-state index is 11.8. The minimum absolute atomic E-state index is 0.683. The van der Waals surface area contributed by atoms with Gasteiger partial charge in [-0.25, -0.2) is 19.7 Å². The number of rotatable bonds is 2. The Kier molecular flexibility index (Phi) is 2.55. The zero-order valence-corrected chi connectivity index (χ0v) is 7.17. The van der Waals surface area contributed by atoms with Gasteiger partial charge in [0, 0.05) is 0 Å². The quantitative estimate of drug-likeness (QED) is 0.777. The Morgan fingerprint density at radius 1 is 1.21 bits per heavy atom. The van der Waals surface area contributed by atoms with Crippen molar-refractivity contribution in [1.29, 1.82) is 0 Å². The molecule has 0 unspecified atom stereocenters. The zero-order valence-electron chi connectivity index (χ0n) is 6.35. The molecule has 0 saturated heterocycles. The summed E-state index contributed by atoms with van der Waals surface area (Å²) >= 11 is 0. The molecule has 1 aromatic rings. The number of halogens is 3. The molecular weight excluding hydrogens is 225 g/mol. The van der Waals surface area contributed by atoms with E-state index in [-0.39, 0.29) is 0 Å². The van der Waals surface area contributed by atoms with E-state index in [0.717, 1.165) is 17.4 Å². The van der Waals surface area contributed by atoms with Gasteiger partial charge in [0.05, 0.1) is 0 Å². The summed E-state index contributed by atoms with van der Waals surface area (Å²) in [6.07, 6.45) is 1.72. The molecule has 0 aliphatic rings. The van der Waals surface area contributed by atoms with E-state index >= 15 is 0 Å². The van der Waals surface area contributed by atoms with E-state index in [4.69, 9.17) is 0 Å². The van der Waals surface area contributed by atoms with Crippen LogP contribution in [0.5, 0.6) is 0 Å². The second kappa shape index (κ2) is 3.36. The van der Waals surface area contributed by atoms with E-state index in [1.54, 1.807) is 0 Å². The monoisotopic (exact) mass is 228 g/mol. The fourth-order valence-electron chi connectivity index (χ4n) is 0.470. The summed E-state index contributed by atoms with van der Waals surface area (Å²) < 4.78 is 57.5. The Labute approximate surface area is 76.3 Å². The summed E-state index contributed by atoms with van der Waals surface area (Å²) in [7, 11) is -5.45. The zero-order chi connectivity index (χ0) is 10.8. The van der Waals surface area contributed by atoms with Gasteiger partial charge >= 0.3 is 15.5 Å². The standard InChI is InChI=1S/C4H3F3N4O2S/c5-4(6,7)14(12,13)11-3-9-1-8-2-10-3/h1-2H,(H,8,9,10,11). The van der Waals surface area contributed by atoms with Crippen molar-refractivity contribution in [2.75, 3.05) is 4.72 Å². The second-order valence-electron chi connectivity index (χ2n) is 2.01. The van der Waals surface area contributed by atoms with Crippen molar-refractivity contribution in [3.63, 3.8) is 0 Å². The highest BCUT2D eigenvalue weighted by atomic mass is 32.2. The molecule has 0 aliphatic carbocycles. The van der Waals surface area contributed by atoms with Crippen LogP contribution in [0.2, 0.25) is 0 Å². The van der Waals surface area contributed by atoms with Crippen LogP contribution >= 0.6 is 0 Å². The first-order chi connectivity index (χ1) is 6.33. The van der Waals surface area contributed by atoms with Crippen molar-refractivity contribution < 1.29 is 21.6 Å². The highest BCUT2D eigenvalue weighted by molar-refractivity contribution is 7.93. The minimum atomic E-state index is -5.45. The lowest BCUT2D eigenvalue weighted by molar-refractivity contribution is -0.0429. The van der Waals surface area contributed by atoms with Crippen LogP contribution in [0.15, 0.2) is 12.7 Å². The number of aromatic nitrogens is 3. The summed E-state index contributed by atoms with van der Waals surface area (Å²) in [5.41, 5.74) is -5.39. The lowest BCUT2D eigenvalue weighted by Gasteiger charge is -2.07. The van der Waals surface area contributed by atoms with Gasteiger partial charge in [-0.1, -0.05) is 0 Å². The Morgan fingerprint density at radius 3 is 2.14 bits per heavy atom. The number of sulfonamides is 1. The third-order valence-corrected chi connectivity index (χ3v) is 2.08. The van der Waals surface area contributed by atoms with Gasteiger partial charge < -0.3 is 0 Å². The van der Waals surface area contributed by atoms with E-state index in [1.807, 2.05) is 0 Å². The predicted molar refractivity (Wildman–Crippen MR) is 38.4 cm³/mol. The fourth-order valence-corrected chi connectivity index (χ4v) is 0.931. The molecule has 0 spiro atoms. The normalized spacial score (nSPS) is 12.5. The number of nitrogens with zero attached hydrogens (tertiary/aromatic N) is 3. The Balaban J connectivity index is 2.91. The molecule has 1 rings (SSSR count). The molecule has 0 atom stereocenters. The second-order valence-corrected chi connectivity index (χ2v) is 3.69. The summed E-state index contributed by atoms with van der Waals surface area (Å²) in [4.78, 5) is 9.63. The number of nitrogens with one attached hydrogen (secondary N) is 1. The lowest BCUT2D eigenvalue weighted by atomic mass is 11.0. The van der Waals surface area contributed by atoms with Gasteiger partial charge in [0.2, 0.25) is 5.95 Å². The van der Waals surface area contributed by atoms with Crippen LogP contribution < -0.4 is 4.72 Å². The molecule has 0 aromatic carbocycles. The van der Waals surface area contributed by atoms with Gasteiger partial charge in [-0.15, -0.1) is 0 Å². The largest absolute Gasteiger partial charge is 0.516 e. The maximum Gasteiger partial charge on any atom is 0.516 e. The smallest absolute Gasteiger partial charge is 0.243 e. The summed E-state index contributed by atoms with van der Waals surface area (Å²) in [6, 6.07) is 0. The molecule has 1 heterocycles. The van der Waals surface area contributed by atoms with Crippen LogP contribution in [0.1, 0.15) is 0 Å². The van der Waals surface area contributed by atoms with Crippen molar-refractivity contribution in [2.45, 2.75) is 5.51 Å². The van der Waals surface area contributed by atoms with E-state index < -0.39 is 21.5 Å². The highest BCUT2D eigenvalue weighted by Crippen LogP contribution is 2.23. The van der Waals surface area contributed by atoms with Crippen molar-refractivity contribution >= 4 is 16.0 Å². The molecule has 78 valence electrons. The number of hydrogen-bond donors (Lipinski definition) is 1. The average molecular weight is 228 g/mol. The molecule has 1 N–H and O–H groups in total.